The number of carbonyl (C=O) groups excluding carboxylic acids is 1. The van der Waals surface area contributed by atoms with E-state index in [0.717, 1.165) is 11.1 Å². The van der Waals surface area contributed by atoms with Gasteiger partial charge in [0.2, 0.25) is 5.91 Å². The topological polar surface area (TPSA) is 72.9 Å². The number of hydrogen-bond acceptors (Lipinski definition) is 5. The van der Waals surface area contributed by atoms with Crippen LogP contribution in [0.4, 0.5) is 0 Å². The molecule has 0 atom stereocenters. The summed E-state index contributed by atoms with van der Waals surface area (Å²) in [5.41, 5.74) is 1.69. The van der Waals surface area contributed by atoms with Crippen molar-refractivity contribution in [2.75, 3.05) is 19.4 Å². The second-order valence-electron chi connectivity index (χ2n) is 7.27. The Morgan fingerprint density at radius 1 is 1.10 bits per heavy atom. The van der Waals surface area contributed by atoms with E-state index in [0.29, 0.717) is 18.8 Å². The zero-order valence-corrected chi connectivity index (χ0v) is 18.7. The molecule has 0 radical (unpaired) electrons. The fourth-order valence-corrected chi connectivity index (χ4v) is 3.33. The molecule has 2 aromatic carbocycles. The number of methoxy groups -OCH3 is 1. The van der Waals surface area contributed by atoms with Gasteiger partial charge in [-0.25, -0.2) is 0 Å². The average molecular weight is 432 g/mol. The Labute approximate surface area is 179 Å². The van der Waals surface area contributed by atoms with E-state index < -0.39 is 10.1 Å². The van der Waals surface area contributed by atoms with E-state index in [9.17, 15) is 13.2 Å². The summed E-state index contributed by atoms with van der Waals surface area (Å²) in [6.07, 6.45) is 3.34. The second kappa shape index (κ2) is 10.8. The SMILES string of the molecule is CCS(=O)(=O)Oc1cc(CN(CC(C)C)C(=O)C=Cc2ccccc2)ccc1OC. The molecule has 0 aliphatic rings. The molecule has 0 spiro atoms. The Kier molecular flexibility index (Phi) is 8.47. The lowest BCUT2D eigenvalue weighted by molar-refractivity contribution is -0.127. The van der Waals surface area contributed by atoms with E-state index in [-0.39, 0.29) is 23.3 Å². The molecule has 7 heteroatoms. The van der Waals surface area contributed by atoms with E-state index in [1.807, 2.05) is 44.2 Å². The number of rotatable bonds is 10. The summed E-state index contributed by atoms with van der Waals surface area (Å²) in [6, 6.07) is 14.7. The third-order valence-electron chi connectivity index (χ3n) is 4.29. The van der Waals surface area contributed by atoms with Crippen LogP contribution in [0, 0.1) is 5.92 Å². The van der Waals surface area contributed by atoms with E-state index in [2.05, 4.69) is 0 Å². The van der Waals surface area contributed by atoms with Crippen LogP contribution in [0.5, 0.6) is 11.5 Å². The van der Waals surface area contributed by atoms with Crippen molar-refractivity contribution < 1.29 is 22.1 Å². The van der Waals surface area contributed by atoms with Crippen molar-refractivity contribution in [3.8, 4) is 11.5 Å². The largest absolute Gasteiger partial charge is 0.493 e. The Hall–Kier alpha value is -2.80. The standard InChI is InChI=1S/C23H29NO5S/c1-5-30(26,27)29-22-15-20(11-13-21(22)28-4)17-24(16-18(2)3)23(25)14-12-19-9-7-6-8-10-19/h6-15,18H,5,16-17H2,1-4H3. The molecular weight excluding hydrogens is 402 g/mol. The van der Waals surface area contributed by atoms with Gasteiger partial charge in [0.05, 0.1) is 12.9 Å². The average Bonchev–Trinajstić information content (AvgIpc) is 2.72. The van der Waals surface area contributed by atoms with Crippen molar-refractivity contribution in [1.29, 1.82) is 0 Å². The molecule has 30 heavy (non-hydrogen) atoms. The van der Waals surface area contributed by atoms with Gasteiger partial charge in [0.25, 0.3) is 0 Å². The molecule has 6 nitrogen and oxygen atoms in total. The van der Waals surface area contributed by atoms with Crippen LogP contribution in [-0.4, -0.2) is 38.6 Å². The minimum atomic E-state index is -3.70. The fraction of sp³-hybridized carbons (Fsp3) is 0.348. The normalized spacial score (nSPS) is 11.6. The molecule has 162 valence electrons. The highest BCUT2D eigenvalue weighted by molar-refractivity contribution is 7.87. The summed E-state index contributed by atoms with van der Waals surface area (Å²) in [5, 5.41) is 0. The zero-order valence-electron chi connectivity index (χ0n) is 17.9. The number of amides is 1. The van der Waals surface area contributed by atoms with Gasteiger partial charge in [0.1, 0.15) is 0 Å². The number of benzene rings is 2. The molecule has 0 fully saturated rings. The monoisotopic (exact) mass is 431 g/mol. The molecule has 0 aliphatic heterocycles. The molecule has 0 aromatic heterocycles. The Morgan fingerprint density at radius 2 is 1.80 bits per heavy atom. The first-order valence-electron chi connectivity index (χ1n) is 9.85. The van der Waals surface area contributed by atoms with Crippen molar-refractivity contribution in [2.45, 2.75) is 27.3 Å². The second-order valence-corrected chi connectivity index (χ2v) is 9.13. The maximum Gasteiger partial charge on any atom is 0.309 e. The highest BCUT2D eigenvalue weighted by Crippen LogP contribution is 2.30. The van der Waals surface area contributed by atoms with Gasteiger partial charge >= 0.3 is 10.1 Å². The molecule has 0 saturated heterocycles. The van der Waals surface area contributed by atoms with Gasteiger partial charge < -0.3 is 13.8 Å². The van der Waals surface area contributed by atoms with E-state index >= 15 is 0 Å². The van der Waals surface area contributed by atoms with Gasteiger partial charge in [-0.1, -0.05) is 50.2 Å². The van der Waals surface area contributed by atoms with E-state index in [1.54, 1.807) is 35.3 Å². The molecule has 0 N–H and O–H groups in total. The molecule has 0 aliphatic carbocycles. The van der Waals surface area contributed by atoms with Crippen molar-refractivity contribution in [3.63, 3.8) is 0 Å². The van der Waals surface area contributed by atoms with Crippen molar-refractivity contribution >= 4 is 22.1 Å². The smallest absolute Gasteiger partial charge is 0.309 e. The van der Waals surface area contributed by atoms with Crippen LogP contribution in [0.3, 0.4) is 0 Å². The van der Waals surface area contributed by atoms with E-state index in [1.165, 1.54) is 14.0 Å². The van der Waals surface area contributed by atoms with Crippen LogP contribution in [-0.2, 0) is 21.5 Å². The molecule has 0 heterocycles. The van der Waals surface area contributed by atoms with Crippen molar-refractivity contribution in [3.05, 3.63) is 65.7 Å². The predicted molar refractivity (Wildman–Crippen MR) is 119 cm³/mol. The molecule has 1 amide bonds. The lowest BCUT2D eigenvalue weighted by atomic mass is 10.1. The number of carbonyl (C=O) groups is 1. The Bertz CT molecular complexity index is 968. The molecule has 0 saturated carbocycles. The molecule has 2 rings (SSSR count). The first kappa shape index (κ1) is 23.5. The van der Waals surface area contributed by atoms with Crippen LogP contribution >= 0.6 is 0 Å². The summed E-state index contributed by atoms with van der Waals surface area (Å²) >= 11 is 0. The zero-order chi connectivity index (χ0) is 22.1. The summed E-state index contributed by atoms with van der Waals surface area (Å²) in [7, 11) is -2.25. The first-order valence-corrected chi connectivity index (χ1v) is 11.4. The highest BCUT2D eigenvalue weighted by Gasteiger charge is 2.17. The quantitative estimate of drug-likeness (QED) is 0.418. The molecule has 0 unspecified atom stereocenters. The number of ether oxygens (including phenoxy) is 1. The van der Waals surface area contributed by atoms with Gasteiger partial charge in [-0.2, -0.15) is 8.42 Å². The van der Waals surface area contributed by atoms with Crippen molar-refractivity contribution in [2.24, 2.45) is 5.92 Å². The molecule has 0 bridgehead atoms. The maximum absolute atomic E-state index is 12.8. The Balaban J connectivity index is 2.25. The van der Waals surface area contributed by atoms with Gasteiger partial charge in [-0.15, -0.1) is 0 Å². The summed E-state index contributed by atoms with van der Waals surface area (Å²) in [5.74, 6) is 0.443. The number of nitrogens with zero attached hydrogens (tertiary/aromatic N) is 1. The van der Waals surface area contributed by atoms with Crippen LogP contribution in [0.25, 0.3) is 6.08 Å². The van der Waals surface area contributed by atoms with Gasteiger partial charge in [-0.05, 0) is 42.2 Å². The molecular formula is C23H29NO5S. The highest BCUT2D eigenvalue weighted by atomic mass is 32.2. The fourth-order valence-electron chi connectivity index (χ4n) is 2.81. The third kappa shape index (κ3) is 7.22. The third-order valence-corrected chi connectivity index (χ3v) is 5.43. The summed E-state index contributed by atoms with van der Waals surface area (Å²) in [6.45, 7) is 6.47. The minimum absolute atomic E-state index is 0.119. The molecule has 2 aromatic rings. The van der Waals surface area contributed by atoms with E-state index in [4.69, 9.17) is 8.92 Å². The number of hydrogen-bond donors (Lipinski definition) is 0. The van der Waals surface area contributed by atoms with Crippen LogP contribution in [0.15, 0.2) is 54.6 Å². The van der Waals surface area contributed by atoms with Gasteiger partial charge in [-0.3, -0.25) is 4.79 Å². The van der Waals surface area contributed by atoms with Crippen LogP contribution in [0.1, 0.15) is 31.9 Å². The summed E-state index contributed by atoms with van der Waals surface area (Å²) in [4.78, 5) is 14.6. The lowest BCUT2D eigenvalue weighted by Crippen LogP contribution is -2.32. The lowest BCUT2D eigenvalue weighted by Gasteiger charge is -2.24. The first-order chi connectivity index (χ1) is 14.2. The maximum atomic E-state index is 12.8. The van der Waals surface area contributed by atoms with Crippen LogP contribution in [0.2, 0.25) is 0 Å². The minimum Gasteiger partial charge on any atom is -0.493 e. The van der Waals surface area contributed by atoms with Crippen LogP contribution < -0.4 is 8.92 Å². The predicted octanol–water partition coefficient (Wildman–Crippen LogP) is 4.12. The Morgan fingerprint density at radius 3 is 2.40 bits per heavy atom. The summed E-state index contributed by atoms with van der Waals surface area (Å²) < 4.78 is 34.2. The van der Waals surface area contributed by atoms with Crippen molar-refractivity contribution in [1.82, 2.24) is 4.90 Å². The van der Waals surface area contributed by atoms with Gasteiger partial charge in [0, 0.05) is 19.2 Å². The van der Waals surface area contributed by atoms with Gasteiger partial charge in [0.15, 0.2) is 11.5 Å².